The Kier molecular flexibility index (Phi) is 4.55. The third-order valence-corrected chi connectivity index (χ3v) is 4.49. The van der Waals surface area contributed by atoms with Gasteiger partial charge in [-0.25, -0.2) is 0 Å². The minimum absolute atomic E-state index is 0.0850. The summed E-state index contributed by atoms with van der Waals surface area (Å²) in [5, 5.41) is 8.63. The van der Waals surface area contributed by atoms with E-state index in [4.69, 9.17) is 0 Å². The molecule has 4 rings (SSSR count). The van der Waals surface area contributed by atoms with Crippen LogP contribution < -0.4 is 4.90 Å². The largest absolute Gasteiger partial charge is 0.352 e. The molecule has 0 spiro atoms. The molecule has 0 radical (unpaired) electrons. The number of hydrogen-bond donors (Lipinski definition) is 0. The van der Waals surface area contributed by atoms with E-state index in [1.165, 1.54) is 0 Å². The van der Waals surface area contributed by atoms with Gasteiger partial charge in [-0.15, -0.1) is 10.2 Å². The van der Waals surface area contributed by atoms with Crippen LogP contribution in [0, 0.1) is 0 Å². The molecule has 3 heterocycles. The van der Waals surface area contributed by atoms with E-state index in [1.54, 1.807) is 6.20 Å². The number of hydrogen-bond acceptors (Lipinski definition) is 5. The molecular weight excluding hydrogens is 326 g/mol. The van der Waals surface area contributed by atoms with E-state index < -0.39 is 0 Å². The molecule has 130 valence electrons. The monoisotopic (exact) mass is 345 g/mol. The molecule has 1 aromatic carbocycles. The van der Waals surface area contributed by atoms with E-state index >= 15 is 0 Å². The lowest BCUT2D eigenvalue weighted by Gasteiger charge is -2.35. The van der Waals surface area contributed by atoms with Crippen molar-refractivity contribution in [1.82, 2.24) is 20.1 Å². The predicted molar refractivity (Wildman–Crippen MR) is 99.8 cm³/mol. The maximum Gasteiger partial charge on any atom is 0.253 e. The molecule has 0 aliphatic carbocycles. The molecule has 0 unspecified atom stereocenters. The molecule has 0 bridgehead atoms. The zero-order chi connectivity index (χ0) is 17.8. The second-order valence-corrected chi connectivity index (χ2v) is 6.14. The summed E-state index contributed by atoms with van der Waals surface area (Å²) in [5.74, 6) is 0.915. The Morgan fingerprint density at radius 3 is 2.19 bits per heavy atom. The Balaban J connectivity index is 1.40. The number of pyridine rings is 1. The molecule has 1 aliphatic heterocycles. The van der Waals surface area contributed by atoms with E-state index in [0.29, 0.717) is 13.1 Å². The average Bonchev–Trinajstić information content (AvgIpc) is 2.75. The second kappa shape index (κ2) is 7.31. The van der Waals surface area contributed by atoms with Crippen LogP contribution in [0.1, 0.15) is 10.4 Å². The van der Waals surface area contributed by atoms with Crippen LogP contribution in [-0.4, -0.2) is 52.2 Å². The van der Waals surface area contributed by atoms with Gasteiger partial charge in [0.2, 0.25) is 0 Å². The molecular formula is C20H19N5O. The predicted octanol–water partition coefficient (Wildman–Crippen LogP) is 2.50. The van der Waals surface area contributed by atoms with Crippen molar-refractivity contribution < 1.29 is 4.79 Å². The Bertz CT molecular complexity index is 860. The second-order valence-electron chi connectivity index (χ2n) is 6.14. The SMILES string of the molecule is O=C(c1ccccc1)N1CCN(c2ccc(-c3ccccn3)nn2)CC1. The highest BCUT2D eigenvalue weighted by Gasteiger charge is 2.23. The van der Waals surface area contributed by atoms with Gasteiger partial charge < -0.3 is 9.80 Å². The molecule has 1 amide bonds. The summed E-state index contributed by atoms with van der Waals surface area (Å²) in [5.41, 5.74) is 2.30. The normalized spacial score (nSPS) is 14.3. The maximum atomic E-state index is 12.5. The van der Waals surface area contributed by atoms with Gasteiger partial charge in [-0.3, -0.25) is 9.78 Å². The molecule has 26 heavy (non-hydrogen) atoms. The lowest BCUT2D eigenvalue weighted by atomic mass is 10.2. The van der Waals surface area contributed by atoms with Gasteiger partial charge in [0.25, 0.3) is 5.91 Å². The molecule has 1 aliphatic rings. The molecule has 0 saturated carbocycles. The fourth-order valence-corrected chi connectivity index (χ4v) is 3.05. The summed E-state index contributed by atoms with van der Waals surface area (Å²) < 4.78 is 0. The maximum absolute atomic E-state index is 12.5. The van der Waals surface area contributed by atoms with Crippen LogP contribution in [0.3, 0.4) is 0 Å². The average molecular weight is 345 g/mol. The van der Waals surface area contributed by atoms with Crippen molar-refractivity contribution in [3.05, 3.63) is 72.4 Å². The number of carbonyl (C=O) groups excluding carboxylic acids is 1. The van der Waals surface area contributed by atoms with Crippen molar-refractivity contribution in [2.24, 2.45) is 0 Å². The number of benzene rings is 1. The topological polar surface area (TPSA) is 62.2 Å². The summed E-state index contributed by atoms with van der Waals surface area (Å²) in [6, 6.07) is 19.0. The molecule has 6 heteroatoms. The number of rotatable bonds is 3. The first-order valence-electron chi connectivity index (χ1n) is 8.66. The van der Waals surface area contributed by atoms with Crippen LogP contribution in [0.2, 0.25) is 0 Å². The van der Waals surface area contributed by atoms with E-state index in [-0.39, 0.29) is 5.91 Å². The molecule has 0 N–H and O–H groups in total. The Hall–Kier alpha value is -3.28. The van der Waals surface area contributed by atoms with Gasteiger partial charge in [0, 0.05) is 37.9 Å². The number of carbonyl (C=O) groups is 1. The zero-order valence-corrected chi connectivity index (χ0v) is 14.3. The van der Waals surface area contributed by atoms with Gasteiger partial charge in [0.15, 0.2) is 5.82 Å². The van der Waals surface area contributed by atoms with Crippen LogP contribution in [-0.2, 0) is 0 Å². The van der Waals surface area contributed by atoms with Crippen LogP contribution in [0.4, 0.5) is 5.82 Å². The van der Waals surface area contributed by atoms with Crippen LogP contribution >= 0.6 is 0 Å². The van der Waals surface area contributed by atoms with Crippen molar-refractivity contribution in [3.8, 4) is 11.4 Å². The molecule has 1 fully saturated rings. The third kappa shape index (κ3) is 3.39. The zero-order valence-electron chi connectivity index (χ0n) is 14.3. The van der Waals surface area contributed by atoms with Crippen molar-refractivity contribution in [1.29, 1.82) is 0 Å². The number of amides is 1. The highest BCUT2D eigenvalue weighted by atomic mass is 16.2. The molecule has 3 aromatic rings. The van der Waals surface area contributed by atoms with Gasteiger partial charge in [0.1, 0.15) is 5.69 Å². The van der Waals surface area contributed by atoms with Crippen molar-refractivity contribution in [2.45, 2.75) is 0 Å². The summed E-state index contributed by atoms with van der Waals surface area (Å²) >= 11 is 0. The molecule has 1 saturated heterocycles. The van der Waals surface area contributed by atoms with Crippen LogP contribution in [0.15, 0.2) is 66.9 Å². The fourth-order valence-electron chi connectivity index (χ4n) is 3.05. The summed E-state index contributed by atoms with van der Waals surface area (Å²) in [6.07, 6.45) is 1.74. The van der Waals surface area contributed by atoms with Gasteiger partial charge in [-0.1, -0.05) is 24.3 Å². The summed E-state index contributed by atoms with van der Waals surface area (Å²) in [7, 11) is 0. The molecule has 2 aromatic heterocycles. The fraction of sp³-hybridized carbons (Fsp3) is 0.200. The highest BCUT2D eigenvalue weighted by Crippen LogP contribution is 2.18. The lowest BCUT2D eigenvalue weighted by molar-refractivity contribution is 0.0746. The Labute approximate surface area is 152 Å². The first-order chi connectivity index (χ1) is 12.8. The van der Waals surface area contributed by atoms with E-state index in [2.05, 4.69) is 20.1 Å². The first-order valence-corrected chi connectivity index (χ1v) is 8.66. The van der Waals surface area contributed by atoms with Gasteiger partial charge >= 0.3 is 0 Å². The number of aromatic nitrogens is 3. The highest BCUT2D eigenvalue weighted by molar-refractivity contribution is 5.94. The van der Waals surface area contributed by atoms with E-state index in [1.807, 2.05) is 65.6 Å². The lowest BCUT2D eigenvalue weighted by Crippen LogP contribution is -2.49. The van der Waals surface area contributed by atoms with E-state index in [0.717, 1.165) is 35.9 Å². The quantitative estimate of drug-likeness (QED) is 0.730. The Morgan fingerprint density at radius 1 is 0.769 bits per heavy atom. The minimum atomic E-state index is 0.0850. The van der Waals surface area contributed by atoms with E-state index in [9.17, 15) is 4.79 Å². The number of nitrogens with zero attached hydrogens (tertiary/aromatic N) is 5. The smallest absolute Gasteiger partial charge is 0.253 e. The van der Waals surface area contributed by atoms with Gasteiger partial charge in [0.05, 0.1) is 5.69 Å². The summed E-state index contributed by atoms with van der Waals surface area (Å²) in [4.78, 5) is 20.9. The minimum Gasteiger partial charge on any atom is -0.352 e. The van der Waals surface area contributed by atoms with Crippen molar-refractivity contribution >= 4 is 11.7 Å². The first kappa shape index (κ1) is 16.2. The van der Waals surface area contributed by atoms with Gasteiger partial charge in [-0.2, -0.15) is 0 Å². The van der Waals surface area contributed by atoms with Crippen LogP contribution in [0.25, 0.3) is 11.4 Å². The third-order valence-electron chi connectivity index (χ3n) is 4.49. The molecule has 6 nitrogen and oxygen atoms in total. The van der Waals surface area contributed by atoms with Gasteiger partial charge in [-0.05, 0) is 36.4 Å². The number of piperazine rings is 1. The molecule has 0 atom stereocenters. The summed E-state index contributed by atoms with van der Waals surface area (Å²) in [6.45, 7) is 2.85. The number of anilines is 1. The van der Waals surface area contributed by atoms with Crippen molar-refractivity contribution in [3.63, 3.8) is 0 Å². The van der Waals surface area contributed by atoms with Crippen LogP contribution in [0.5, 0.6) is 0 Å². The standard InChI is InChI=1S/C20H19N5O/c26-20(16-6-2-1-3-7-16)25-14-12-24(13-15-25)19-10-9-18(22-23-19)17-8-4-5-11-21-17/h1-11H,12-15H2. The Morgan fingerprint density at radius 2 is 1.54 bits per heavy atom. The van der Waals surface area contributed by atoms with Crippen molar-refractivity contribution in [2.75, 3.05) is 31.1 Å².